The first kappa shape index (κ1) is 11.9. The van der Waals surface area contributed by atoms with Gasteiger partial charge in [0.1, 0.15) is 12.4 Å². The molecule has 82 valence electrons. The van der Waals surface area contributed by atoms with E-state index in [-0.39, 0.29) is 24.6 Å². The van der Waals surface area contributed by atoms with Crippen molar-refractivity contribution in [1.29, 1.82) is 0 Å². The third-order valence-corrected chi connectivity index (χ3v) is 1.90. The van der Waals surface area contributed by atoms with E-state index >= 15 is 0 Å². The van der Waals surface area contributed by atoms with Crippen molar-refractivity contribution in [2.24, 2.45) is 0 Å². The Balaban J connectivity index is 2.37. The van der Waals surface area contributed by atoms with Crippen LogP contribution in [-0.4, -0.2) is 19.0 Å². The van der Waals surface area contributed by atoms with Gasteiger partial charge in [0.25, 0.3) is 0 Å². The number of ether oxygens (including phenoxy) is 1. The average Bonchev–Trinajstić information content (AvgIpc) is 2.18. The summed E-state index contributed by atoms with van der Waals surface area (Å²) >= 11 is 0. The first-order valence-electron chi connectivity index (χ1n) is 5.06. The van der Waals surface area contributed by atoms with Gasteiger partial charge in [-0.1, -0.05) is 19.1 Å². The van der Waals surface area contributed by atoms with Crippen molar-refractivity contribution in [1.82, 2.24) is 0 Å². The number of rotatable bonds is 6. The van der Waals surface area contributed by atoms with Gasteiger partial charge >= 0.3 is 0 Å². The number of carbonyl (C=O) groups is 1. The summed E-state index contributed by atoms with van der Waals surface area (Å²) in [5.74, 6) is -0.330. The van der Waals surface area contributed by atoms with Crippen LogP contribution in [0.1, 0.15) is 18.9 Å². The molecule has 0 bridgehead atoms. The molecule has 1 aromatic carbocycles. The van der Waals surface area contributed by atoms with Crippen LogP contribution in [0.2, 0.25) is 0 Å². The molecular weight excluding hydrogens is 195 g/mol. The quantitative estimate of drug-likeness (QED) is 0.674. The zero-order valence-corrected chi connectivity index (χ0v) is 8.83. The van der Waals surface area contributed by atoms with Crippen LogP contribution in [-0.2, 0) is 16.0 Å². The first-order chi connectivity index (χ1) is 7.22. The number of hydrogen-bond donors (Lipinski definition) is 0. The molecule has 0 spiro atoms. The molecule has 0 aliphatic rings. The Morgan fingerprint density at radius 2 is 2.27 bits per heavy atom. The van der Waals surface area contributed by atoms with Gasteiger partial charge in [-0.2, -0.15) is 0 Å². The molecule has 1 rings (SSSR count). The Morgan fingerprint density at radius 1 is 1.47 bits per heavy atom. The number of hydrogen-bond acceptors (Lipinski definition) is 2. The molecule has 1 aromatic rings. The number of benzene rings is 1. The van der Waals surface area contributed by atoms with Crippen molar-refractivity contribution in [2.75, 3.05) is 13.2 Å². The summed E-state index contributed by atoms with van der Waals surface area (Å²) < 4.78 is 17.9. The van der Waals surface area contributed by atoms with E-state index in [0.29, 0.717) is 12.2 Å². The normalized spacial score (nSPS) is 10.3. The highest BCUT2D eigenvalue weighted by molar-refractivity contribution is 5.82. The van der Waals surface area contributed by atoms with E-state index in [2.05, 4.69) is 0 Å². The van der Waals surface area contributed by atoms with Crippen molar-refractivity contribution >= 4 is 5.78 Å². The number of ketones is 1. The van der Waals surface area contributed by atoms with Gasteiger partial charge in [0.15, 0.2) is 5.78 Å². The molecule has 0 unspecified atom stereocenters. The first-order valence-corrected chi connectivity index (χ1v) is 5.06. The molecule has 0 aromatic heterocycles. The summed E-state index contributed by atoms with van der Waals surface area (Å²) in [7, 11) is 0. The standard InChI is InChI=1S/C12H15FO2/c1-2-6-15-9-12(14)8-10-4-3-5-11(13)7-10/h3-5,7H,2,6,8-9H2,1H3. The van der Waals surface area contributed by atoms with Crippen molar-refractivity contribution < 1.29 is 13.9 Å². The lowest BCUT2D eigenvalue weighted by molar-refractivity contribution is -0.122. The molecule has 0 amide bonds. The second-order valence-corrected chi connectivity index (χ2v) is 3.40. The molecule has 0 saturated heterocycles. The van der Waals surface area contributed by atoms with E-state index in [0.717, 1.165) is 6.42 Å². The van der Waals surface area contributed by atoms with Crippen LogP contribution in [0.3, 0.4) is 0 Å². The topological polar surface area (TPSA) is 26.3 Å². The minimum absolute atomic E-state index is 0.0194. The molecule has 0 radical (unpaired) electrons. The van der Waals surface area contributed by atoms with E-state index in [9.17, 15) is 9.18 Å². The van der Waals surface area contributed by atoms with Gasteiger partial charge in [-0.25, -0.2) is 4.39 Å². The smallest absolute Gasteiger partial charge is 0.162 e. The second-order valence-electron chi connectivity index (χ2n) is 3.40. The fourth-order valence-corrected chi connectivity index (χ4v) is 1.26. The molecular formula is C12H15FO2. The Morgan fingerprint density at radius 3 is 2.93 bits per heavy atom. The summed E-state index contributed by atoms with van der Waals surface area (Å²) in [6.07, 6.45) is 1.13. The van der Waals surface area contributed by atoms with Gasteiger partial charge in [0.2, 0.25) is 0 Å². The van der Waals surface area contributed by atoms with Crippen molar-refractivity contribution in [3.8, 4) is 0 Å². The summed E-state index contributed by atoms with van der Waals surface area (Å²) in [4.78, 5) is 11.4. The lowest BCUT2D eigenvalue weighted by atomic mass is 10.1. The van der Waals surface area contributed by atoms with Crippen molar-refractivity contribution in [3.63, 3.8) is 0 Å². The monoisotopic (exact) mass is 210 g/mol. The molecule has 0 aliphatic heterocycles. The van der Waals surface area contributed by atoms with Gasteiger partial charge in [-0.3, -0.25) is 4.79 Å². The number of carbonyl (C=O) groups excluding carboxylic acids is 1. The predicted molar refractivity (Wildman–Crippen MR) is 56.2 cm³/mol. The van der Waals surface area contributed by atoms with Crippen LogP contribution in [0, 0.1) is 5.82 Å². The third-order valence-electron chi connectivity index (χ3n) is 1.90. The van der Waals surface area contributed by atoms with E-state index in [1.807, 2.05) is 6.92 Å². The van der Waals surface area contributed by atoms with E-state index in [4.69, 9.17) is 4.74 Å². The van der Waals surface area contributed by atoms with E-state index < -0.39 is 0 Å². The summed E-state index contributed by atoms with van der Waals surface area (Å²) in [5.41, 5.74) is 0.695. The molecule has 15 heavy (non-hydrogen) atoms. The fraction of sp³-hybridized carbons (Fsp3) is 0.417. The van der Waals surface area contributed by atoms with E-state index in [1.54, 1.807) is 12.1 Å². The van der Waals surface area contributed by atoms with Crippen LogP contribution in [0.5, 0.6) is 0 Å². The van der Waals surface area contributed by atoms with Crippen molar-refractivity contribution in [2.45, 2.75) is 19.8 Å². The molecule has 0 N–H and O–H groups in total. The maximum absolute atomic E-state index is 12.8. The molecule has 3 heteroatoms. The highest BCUT2D eigenvalue weighted by atomic mass is 19.1. The van der Waals surface area contributed by atoms with Crippen LogP contribution in [0.25, 0.3) is 0 Å². The van der Waals surface area contributed by atoms with Gasteiger partial charge in [0, 0.05) is 13.0 Å². The summed E-state index contributed by atoms with van der Waals surface area (Å²) in [5, 5.41) is 0. The lowest BCUT2D eigenvalue weighted by Gasteiger charge is -2.02. The van der Waals surface area contributed by atoms with Crippen LogP contribution < -0.4 is 0 Å². The molecule has 0 fully saturated rings. The largest absolute Gasteiger partial charge is 0.374 e. The van der Waals surface area contributed by atoms with Crippen LogP contribution in [0.4, 0.5) is 4.39 Å². The Labute approximate surface area is 89.1 Å². The molecule has 0 atom stereocenters. The zero-order chi connectivity index (χ0) is 11.1. The molecule has 2 nitrogen and oxygen atoms in total. The van der Waals surface area contributed by atoms with Crippen molar-refractivity contribution in [3.05, 3.63) is 35.6 Å². The highest BCUT2D eigenvalue weighted by Crippen LogP contribution is 2.04. The lowest BCUT2D eigenvalue weighted by Crippen LogP contribution is -2.11. The predicted octanol–water partition coefficient (Wildman–Crippen LogP) is 2.36. The molecule has 0 heterocycles. The van der Waals surface area contributed by atoms with Gasteiger partial charge < -0.3 is 4.74 Å². The Kier molecular flexibility index (Phi) is 4.98. The maximum atomic E-state index is 12.8. The third kappa shape index (κ3) is 4.70. The van der Waals surface area contributed by atoms with Crippen LogP contribution in [0.15, 0.2) is 24.3 Å². The SMILES string of the molecule is CCCOCC(=O)Cc1cccc(F)c1. The Bertz CT molecular complexity index is 323. The second kappa shape index (κ2) is 6.30. The van der Waals surface area contributed by atoms with Gasteiger partial charge in [0.05, 0.1) is 0 Å². The zero-order valence-electron chi connectivity index (χ0n) is 8.83. The minimum atomic E-state index is -0.310. The summed E-state index contributed by atoms with van der Waals surface area (Å²) in [6, 6.07) is 6.07. The fourth-order valence-electron chi connectivity index (χ4n) is 1.26. The number of halogens is 1. The minimum Gasteiger partial charge on any atom is -0.374 e. The summed E-state index contributed by atoms with van der Waals surface area (Å²) in [6.45, 7) is 2.69. The van der Waals surface area contributed by atoms with E-state index in [1.165, 1.54) is 12.1 Å². The number of Topliss-reactive ketones (excluding diaryl/α,β-unsaturated/α-hetero) is 1. The average molecular weight is 210 g/mol. The van der Waals surface area contributed by atoms with Crippen LogP contribution >= 0.6 is 0 Å². The van der Waals surface area contributed by atoms with Gasteiger partial charge in [-0.15, -0.1) is 0 Å². The van der Waals surface area contributed by atoms with Gasteiger partial charge in [-0.05, 0) is 24.1 Å². The molecule has 0 aliphatic carbocycles. The Hall–Kier alpha value is -1.22. The molecule has 0 saturated carbocycles. The maximum Gasteiger partial charge on any atom is 0.162 e. The highest BCUT2D eigenvalue weighted by Gasteiger charge is 2.04.